The van der Waals surface area contributed by atoms with Crippen LogP contribution in [0.1, 0.15) is 52.6 Å². The van der Waals surface area contributed by atoms with E-state index in [0.717, 1.165) is 48.5 Å². The standard InChI is InChI=1S/C30H16F6O10/c31-29(32,33)23-17(13-1-3-14(4-2-13)45-15-5-7-18(25(37)38)20(11-15)27(41)42)9-10-22(24(23)30(34,35)36)46-16-6-8-19(26(39)40)21(12-16)28(43)44/h1-12H,(H,37,38)(H,39,40)(H,41,42)(H,43,44). The van der Waals surface area contributed by atoms with E-state index in [-0.39, 0.29) is 17.1 Å². The Morgan fingerprint density at radius 1 is 0.478 bits per heavy atom. The summed E-state index contributed by atoms with van der Waals surface area (Å²) in [6, 6.07) is 10.4. The molecule has 10 nitrogen and oxygen atoms in total. The van der Waals surface area contributed by atoms with E-state index in [2.05, 4.69) is 0 Å². The Labute approximate surface area is 252 Å². The van der Waals surface area contributed by atoms with Crippen LogP contribution in [0, 0.1) is 0 Å². The monoisotopic (exact) mass is 650 g/mol. The molecule has 4 rings (SSSR count). The quantitative estimate of drug-likeness (QED) is 0.131. The van der Waals surface area contributed by atoms with Crippen molar-refractivity contribution in [3.05, 3.63) is 106 Å². The molecule has 0 saturated carbocycles. The van der Waals surface area contributed by atoms with Gasteiger partial charge in [0.1, 0.15) is 28.6 Å². The number of ether oxygens (including phenoxy) is 2. The summed E-state index contributed by atoms with van der Waals surface area (Å²) < 4.78 is 96.1. The number of alkyl halides is 6. The minimum atomic E-state index is -5.65. The van der Waals surface area contributed by atoms with Gasteiger partial charge in [-0.3, -0.25) is 0 Å². The van der Waals surface area contributed by atoms with Gasteiger partial charge in [-0.05, 0) is 65.7 Å². The highest BCUT2D eigenvalue weighted by Crippen LogP contribution is 2.50. The van der Waals surface area contributed by atoms with E-state index in [1.807, 2.05) is 0 Å². The van der Waals surface area contributed by atoms with Crippen molar-refractivity contribution in [2.24, 2.45) is 0 Å². The Balaban J connectivity index is 1.77. The summed E-state index contributed by atoms with van der Waals surface area (Å²) in [4.78, 5) is 45.4. The number of hydrogen-bond acceptors (Lipinski definition) is 6. The summed E-state index contributed by atoms with van der Waals surface area (Å²) in [5.41, 5.74) is -8.44. The maximum absolute atomic E-state index is 14.3. The molecular weight excluding hydrogens is 634 g/mol. The molecule has 0 spiro atoms. The summed E-state index contributed by atoms with van der Waals surface area (Å²) in [6.45, 7) is 0. The summed E-state index contributed by atoms with van der Waals surface area (Å²) in [7, 11) is 0. The van der Waals surface area contributed by atoms with Gasteiger partial charge in [0, 0.05) is 0 Å². The molecule has 4 N–H and O–H groups in total. The number of carbonyl (C=O) groups is 4. The third-order valence-electron chi connectivity index (χ3n) is 6.27. The van der Waals surface area contributed by atoms with Crippen molar-refractivity contribution < 1.29 is 75.4 Å². The summed E-state index contributed by atoms with van der Waals surface area (Å²) in [5.74, 6) is -8.84. The van der Waals surface area contributed by atoms with Gasteiger partial charge in [0.2, 0.25) is 0 Å². The van der Waals surface area contributed by atoms with Crippen molar-refractivity contribution in [2.75, 3.05) is 0 Å². The molecule has 0 aliphatic carbocycles. The number of benzene rings is 4. The van der Waals surface area contributed by atoms with E-state index < -0.39 is 86.7 Å². The van der Waals surface area contributed by atoms with E-state index >= 15 is 0 Å². The zero-order chi connectivity index (χ0) is 34.1. The van der Waals surface area contributed by atoms with E-state index in [4.69, 9.17) is 19.7 Å². The van der Waals surface area contributed by atoms with Gasteiger partial charge >= 0.3 is 36.2 Å². The van der Waals surface area contributed by atoms with Crippen LogP contribution in [-0.2, 0) is 12.4 Å². The molecular formula is C30H16F6O10. The van der Waals surface area contributed by atoms with Crippen molar-refractivity contribution >= 4 is 23.9 Å². The minimum absolute atomic E-state index is 0.0910. The molecule has 0 bridgehead atoms. The molecule has 0 aliphatic rings. The van der Waals surface area contributed by atoms with Gasteiger partial charge in [-0.2, -0.15) is 26.3 Å². The van der Waals surface area contributed by atoms with Gasteiger partial charge in [0.25, 0.3) is 0 Å². The first-order valence-electron chi connectivity index (χ1n) is 12.4. The Morgan fingerprint density at radius 2 is 0.891 bits per heavy atom. The van der Waals surface area contributed by atoms with Crippen LogP contribution in [-0.4, -0.2) is 44.3 Å². The lowest BCUT2D eigenvalue weighted by Gasteiger charge is -2.22. The number of rotatable bonds is 9. The van der Waals surface area contributed by atoms with E-state index in [1.165, 1.54) is 0 Å². The lowest BCUT2D eigenvalue weighted by atomic mass is 9.93. The molecule has 0 heterocycles. The first-order chi connectivity index (χ1) is 21.4. The smallest absolute Gasteiger partial charge is 0.420 e. The van der Waals surface area contributed by atoms with Crippen LogP contribution in [0.15, 0.2) is 72.8 Å². The van der Waals surface area contributed by atoms with Gasteiger partial charge < -0.3 is 29.9 Å². The molecule has 0 atom stereocenters. The number of halogens is 6. The molecule has 238 valence electrons. The third kappa shape index (κ3) is 6.85. The summed E-state index contributed by atoms with van der Waals surface area (Å²) in [6.07, 6.45) is -11.3. The van der Waals surface area contributed by atoms with Crippen LogP contribution < -0.4 is 9.47 Å². The second-order valence-corrected chi connectivity index (χ2v) is 9.22. The average Bonchev–Trinajstić information content (AvgIpc) is 2.96. The maximum Gasteiger partial charge on any atom is 0.420 e. The fraction of sp³-hybridized carbons (Fsp3) is 0.0667. The van der Waals surface area contributed by atoms with Gasteiger partial charge in [-0.15, -0.1) is 0 Å². The zero-order valence-electron chi connectivity index (χ0n) is 22.4. The Kier molecular flexibility index (Phi) is 8.67. The van der Waals surface area contributed by atoms with Crippen LogP contribution in [0.2, 0.25) is 0 Å². The Morgan fingerprint density at radius 3 is 1.30 bits per heavy atom. The predicted molar refractivity (Wildman–Crippen MR) is 143 cm³/mol. The zero-order valence-corrected chi connectivity index (χ0v) is 22.4. The fourth-order valence-electron chi connectivity index (χ4n) is 4.35. The van der Waals surface area contributed by atoms with Crippen molar-refractivity contribution in [1.29, 1.82) is 0 Å². The first-order valence-corrected chi connectivity index (χ1v) is 12.4. The predicted octanol–water partition coefficient (Wildman–Crippen LogP) is 7.77. The van der Waals surface area contributed by atoms with Gasteiger partial charge in [0.05, 0.1) is 27.8 Å². The van der Waals surface area contributed by atoms with Crippen LogP contribution >= 0.6 is 0 Å². The van der Waals surface area contributed by atoms with Crippen LogP contribution in [0.4, 0.5) is 26.3 Å². The molecule has 46 heavy (non-hydrogen) atoms. The molecule has 0 unspecified atom stereocenters. The molecule has 4 aromatic rings. The van der Waals surface area contributed by atoms with Crippen LogP contribution in [0.3, 0.4) is 0 Å². The number of hydrogen-bond donors (Lipinski definition) is 4. The number of carboxylic acid groups (broad SMARTS) is 4. The van der Waals surface area contributed by atoms with E-state index in [9.17, 15) is 55.7 Å². The van der Waals surface area contributed by atoms with E-state index in [1.54, 1.807) is 0 Å². The van der Waals surface area contributed by atoms with Gasteiger partial charge in [-0.1, -0.05) is 18.2 Å². The molecule has 16 heteroatoms. The number of carboxylic acids is 4. The second kappa shape index (κ2) is 12.1. The largest absolute Gasteiger partial charge is 0.478 e. The highest BCUT2D eigenvalue weighted by atomic mass is 19.4. The Bertz CT molecular complexity index is 1880. The lowest BCUT2D eigenvalue weighted by Crippen LogP contribution is -2.19. The van der Waals surface area contributed by atoms with Crippen molar-refractivity contribution in [3.63, 3.8) is 0 Å². The van der Waals surface area contributed by atoms with Crippen molar-refractivity contribution in [2.45, 2.75) is 12.4 Å². The minimum Gasteiger partial charge on any atom is -0.478 e. The molecule has 4 aromatic carbocycles. The van der Waals surface area contributed by atoms with Gasteiger partial charge in [0.15, 0.2) is 0 Å². The lowest BCUT2D eigenvalue weighted by molar-refractivity contribution is -0.162. The van der Waals surface area contributed by atoms with Crippen LogP contribution in [0.25, 0.3) is 11.1 Å². The molecule has 0 aliphatic heterocycles. The molecule has 0 aromatic heterocycles. The SMILES string of the molecule is O=C(O)c1ccc(Oc2ccc(-c3ccc(Oc4ccc(C(=O)O)c(C(=O)O)c4)c(C(F)(F)F)c3C(F)(F)F)cc2)cc1C(=O)O. The van der Waals surface area contributed by atoms with Crippen molar-refractivity contribution in [1.82, 2.24) is 0 Å². The first kappa shape index (κ1) is 32.8. The second-order valence-electron chi connectivity index (χ2n) is 9.22. The topological polar surface area (TPSA) is 168 Å². The summed E-state index contributed by atoms with van der Waals surface area (Å²) >= 11 is 0. The third-order valence-corrected chi connectivity index (χ3v) is 6.27. The van der Waals surface area contributed by atoms with Crippen molar-refractivity contribution in [3.8, 4) is 34.1 Å². The highest BCUT2D eigenvalue weighted by Gasteiger charge is 2.47. The maximum atomic E-state index is 14.3. The molecule has 0 radical (unpaired) electrons. The normalized spacial score (nSPS) is 11.5. The summed E-state index contributed by atoms with van der Waals surface area (Å²) in [5, 5.41) is 36.8. The van der Waals surface area contributed by atoms with E-state index in [0.29, 0.717) is 24.3 Å². The number of aromatic carboxylic acids is 4. The Hall–Kier alpha value is -6.06. The molecule has 0 amide bonds. The fourth-order valence-corrected chi connectivity index (χ4v) is 4.35. The average molecular weight is 650 g/mol. The molecule has 0 saturated heterocycles. The molecule has 0 fully saturated rings. The van der Waals surface area contributed by atoms with Gasteiger partial charge in [-0.25, -0.2) is 19.2 Å². The van der Waals surface area contributed by atoms with Crippen LogP contribution in [0.5, 0.6) is 23.0 Å². The highest BCUT2D eigenvalue weighted by molar-refractivity contribution is 6.02.